The van der Waals surface area contributed by atoms with Crippen molar-refractivity contribution in [3.63, 3.8) is 0 Å². The number of nitrogens with zero attached hydrogens (tertiary/aromatic N) is 1. The van der Waals surface area contributed by atoms with E-state index in [1.807, 2.05) is 6.92 Å². The lowest BCUT2D eigenvalue weighted by Gasteiger charge is -2.04. The molecule has 0 aromatic carbocycles. The van der Waals surface area contributed by atoms with Crippen LogP contribution in [0, 0.1) is 0 Å². The molecule has 8 heavy (non-hydrogen) atoms. The molecule has 2 heteroatoms. The van der Waals surface area contributed by atoms with Crippen molar-refractivity contribution < 1.29 is 0 Å². The Morgan fingerprint density at radius 3 is 2.88 bits per heavy atom. The molecule has 0 saturated carbocycles. The van der Waals surface area contributed by atoms with Gasteiger partial charge >= 0.3 is 0 Å². The monoisotopic (exact) mass is 110 g/mol. The third-order valence-electron chi connectivity index (χ3n) is 1.27. The summed E-state index contributed by atoms with van der Waals surface area (Å²) in [7, 11) is 0. The van der Waals surface area contributed by atoms with Gasteiger partial charge in [0.25, 0.3) is 0 Å². The maximum Gasteiger partial charge on any atom is 0.120 e. The first-order valence-electron chi connectivity index (χ1n) is 2.78. The number of rotatable bonds is 0. The molecule has 0 spiro atoms. The van der Waals surface area contributed by atoms with Crippen LogP contribution in [0.25, 0.3) is 0 Å². The van der Waals surface area contributed by atoms with Gasteiger partial charge in [0, 0.05) is 6.54 Å². The van der Waals surface area contributed by atoms with Gasteiger partial charge in [-0.25, -0.2) is 0 Å². The second kappa shape index (κ2) is 1.99. The first-order chi connectivity index (χ1) is 3.80. The van der Waals surface area contributed by atoms with Gasteiger partial charge in [-0.2, -0.15) is 0 Å². The highest BCUT2D eigenvalue weighted by Crippen LogP contribution is 2.01. The molecule has 1 heterocycles. The maximum absolute atomic E-state index is 5.46. The number of nitrogens with two attached hydrogens (primary N) is 1. The lowest BCUT2D eigenvalue weighted by Crippen LogP contribution is -2.16. The molecule has 0 aromatic rings. The van der Waals surface area contributed by atoms with Gasteiger partial charge in [-0.05, 0) is 18.9 Å². The molecule has 1 aliphatic heterocycles. The summed E-state index contributed by atoms with van der Waals surface area (Å²) in [5, 5.41) is 0. The Labute approximate surface area is 49.1 Å². The van der Waals surface area contributed by atoms with E-state index in [4.69, 9.17) is 5.73 Å². The number of hydrogen-bond donors (Lipinski definition) is 1. The van der Waals surface area contributed by atoms with E-state index in [0.717, 1.165) is 18.5 Å². The Morgan fingerprint density at radius 1 is 1.75 bits per heavy atom. The third-order valence-corrected chi connectivity index (χ3v) is 1.27. The molecule has 0 amide bonds. The van der Waals surface area contributed by atoms with E-state index in [-0.39, 0.29) is 0 Å². The smallest absolute Gasteiger partial charge is 0.120 e. The molecule has 1 rings (SSSR count). The molecule has 0 bridgehead atoms. The van der Waals surface area contributed by atoms with Gasteiger partial charge in [-0.3, -0.25) is 4.99 Å². The van der Waals surface area contributed by atoms with E-state index < -0.39 is 0 Å². The number of amidine groups is 1. The predicted molar refractivity (Wildman–Crippen MR) is 34.9 cm³/mol. The molecule has 0 aromatic heterocycles. The number of aliphatic imine (C=N–C) groups is 1. The first kappa shape index (κ1) is 5.35. The van der Waals surface area contributed by atoms with Crippen LogP contribution in [-0.4, -0.2) is 12.4 Å². The van der Waals surface area contributed by atoms with E-state index in [1.54, 1.807) is 0 Å². The van der Waals surface area contributed by atoms with Crippen molar-refractivity contribution in [2.24, 2.45) is 10.7 Å². The highest BCUT2D eigenvalue weighted by Gasteiger charge is 1.98. The molecule has 1 aliphatic rings. The van der Waals surface area contributed by atoms with Gasteiger partial charge in [-0.1, -0.05) is 6.08 Å². The highest BCUT2D eigenvalue weighted by atomic mass is 14.9. The van der Waals surface area contributed by atoms with Crippen LogP contribution in [0.3, 0.4) is 0 Å². The Balaban J connectivity index is 2.73. The summed E-state index contributed by atoms with van der Waals surface area (Å²) in [5.41, 5.74) is 6.58. The molecule has 2 N–H and O–H groups in total. The summed E-state index contributed by atoms with van der Waals surface area (Å²) in [5.74, 6) is 0.705. The van der Waals surface area contributed by atoms with E-state index in [9.17, 15) is 0 Å². The zero-order valence-corrected chi connectivity index (χ0v) is 5.02. The Hall–Kier alpha value is -0.790. The van der Waals surface area contributed by atoms with Crippen LogP contribution in [0.1, 0.15) is 13.3 Å². The Kier molecular flexibility index (Phi) is 1.33. The zero-order chi connectivity index (χ0) is 5.98. The minimum Gasteiger partial charge on any atom is -0.384 e. The quantitative estimate of drug-likeness (QED) is 0.489. The summed E-state index contributed by atoms with van der Waals surface area (Å²) >= 11 is 0. The van der Waals surface area contributed by atoms with Crippen molar-refractivity contribution in [2.75, 3.05) is 6.54 Å². The fourth-order valence-corrected chi connectivity index (χ4v) is 0.695. The fraction of sp³-hybridized carbons (Fsp3) is 0.500. The summed E-state index contributed by atoms with van der Waals surface area (Å²) in [6.07, 6.45) is 3.16. The lowest BCUT2D eigenvalue weighted by molar-refractivity contribution is 0.974. The van der Waals surface area contributed by atoms with Crippen LogP contribution in [0.2, 0.25) is 0 Å². The molecule has 0 saturated heterocycles. The van der Waals surface area contributed by atoms with Crippen LogP contribution in [-0.2, 0) is 0 Å². The first-order valence-corrected chi connectivity index (χ1v) is 2.78. The molecule has 44 valence electrons. The average Bonchev–Trinajstić information content (AvgIpc) is 1.77. The van der Waals surface area contributed by atoms with E-state index in [1.165, 1.54) is 0 Å². The Morgan fingerprint density at radius 2 is 2.50 bits per heavy atom. The lowest BCUT2D eigenvalue weighted by atomic mass is 10.2. The zero-order valence-electron chi connectivity index (χ0n) is 5.02. The second-order valence-corrected chi connectivity index (χ2v) is 1.94. The van der Waals surface area contributed by atoms with Crippen molar-refractivity contribution in [3.8, 4) is 0 Å². The number of dihydropyridines is 1. The second-order valence-electron chi connectivity index (χ2n) is 1.94. The van der Waals surface area contributed by atoms with Crippen LogP contribution in [0.5, 0.6) is 0 Å². The van der Waals surface area contributed by atoms with Crippen molar-refractivity contribution >= 4 is 5.84 Å². The van der Waals surface area contributed by atoms with Crippen LogP contribution < -0.4 is 5.73 Å². The van der Waals surface area contributed by atoms with Crippen LogP contribution in [0.4, 0.5) is 0 Å². The normalized spacial score (nSPS) is 19.6. The van der Waals surface area contributed by atoms with Crippen molar-refractivity contribution in [1.29, 1.82) is 0 Å². The summed E-state index contributed by atoms with van der Waals surface area (Å²) < 4.78 is 0. The Bertz CT molecular complexity index is 127. The highest BCUT2D eigenvalue weighted by molar-refractivity contribution is 5.96. The van der Waals surface area contributed by atoms with E-state index >= 15 is 0 Å². The topological polar surface area (TPSA) is 38.4 Å². The minimum absolute atomic E-state index is 0.705. The van der Waals surface area contributed by atoms with Gasteiger partial charge in [0.05, 0.1) is 0 Å². The SMILES string of the molecule is CC1=CCCN=C1N. The van der Waals surface area contributed by atoms with E-state index in [2.05, 4.69) is 11.1 Å². The molecule has 0 unspecified atom stereocenters. The third kappa shape index (κ3) is 0.886. The summed E-state index contributed by atoms with van der Waals surface area (Å²) in [4.78, 5) is 4.04. The molecule has 0 atom stereocenters. The van der Waals surface area contributed by atoms with Crippen molar-refractivity contribution in [3.05, 3.63) is 11.6 Å². The summed E-state index contributed by atoms with van der Waals surface area (Å²) in [6.45, 7) is 2.85. The fourth-order valence-electron chi connectivity index (χ4n) is 0.695. The van der Waals surface area contributed by atoms with Crippen molar-refractivity contribution in [2.45, 2.75) is 13.3 Å². The van der Waals surface area contributed by atoms with Crippen LogP contribution in [0.15, 0.2) is 16.6 Å². The molecule has 0 fully saturated rings. The summed E-state index contributed by atoms with van der Waals surface area (Å²) in [6, 6.07) is 0. The minimum atomic E-state index is 0.705. The molecule has 0 aliphatic carbocycles. The standard InChI is InChI=1S/C6H10N2/c1-5-3-2-4-8-6(5)7/h3H,2,4H2,1H3,(H2,7,8). The van der Waals surface area contributed by atoms with Gasteiger partial charge < -0.3 is 5.73 Å². The number of hydrogen-bond acceptors (Lipinski definition) is 2. The van der Waals surface area contributed by atoms with Gasteiger partial charge in [0.1, 0.15) is 5.84 Å². The van der Waals surface area contributed by atoms with Crippen LogP contribution >= 0.6 is 0 Å². The average molecular weight is 110 g/mol. The molecule has 2 nitrogen and oxygen atoms in total. The van der Waals surface area contributed by atoms with Gasteiger partial charge in [-0.15, -0.1) is 0 Å². The van der Waals surface area contributed by atoms with Crippen molar-refractivity contribution in [1.82, 2.24) is 0 Å². The molecular weight excluding hydrogens is 100 g/mol. The molecule has 0 radical (unpaired) electrons. The van der Waals surface area contributed by atoms with E-state index in [0.29, 0.717) is 5.84 Å². The largest absolute Gasteiger partial charge is 0.384 e. The van der Waals surface area contributed by atoms with Gasteiger partial charge in [0.15, 0.2) is 0 Å². The maximum atomic E-state index is 5.46. The molecular formula is C6H10N2. The van der Waals surface area contributed by atoms with Gasteiger partial charge in [0.2, 0.25) is 0 Å². The predicted octanol–water partition coefficient (Wildman–Crippen LogP) is 0.694.